The van der Waals surface area contributed by atoms with Gasteiger partial charge in [-0.1, -0.05) is 19.3 Å². The molecule has 8 heteroatoms. The van der Waals surface area contributed by atoms with Gasteiger partial charge in [-0.2, -0.15) is 26.3 Å². The highest BCUT2D eigenvalue weighted by atomic mass is 28.2. The Morgan fingerprint density at radius 3 is 1.72 bits per heavy atom. The second-order valence-corrected chi connectivity index (χ2v) is 7.20. The van der Waals surface area contributed by atoms with Gasteiger partial charge in [-0.3, -0.25) is 0 Å². The van der Waals surface area contributed by atoms with E-state index in [0.717, 1.165) is 37.8 Å². The summed E-state index contributed by atoms with van der Waals surface area (Å²) in [5.41, 5.74) is -2.58. The van der Waals surface area contributed by atoms with Crippen LogP contribution >= 0.6 is 0 Å². The van der Waals surface area contributed by atoms with Gasteiger partial charge in [-0.15, -0.1) is 0 Å². The van der Waals surface area contributed by atoms with Gasteiger partial charge in [0, 0.05) is 5.60 Å². The van der Waals surface area contributed by atoms with Crippen molar-refractivity contribution in [3.63, 3.8) is 0 Å². The van der Waals surface area contributed by atoms with Crippen molar-refractivity contribution < 1.29 is 30.8 Å². The molecular formula is C17H24F6OSi. The number of aryl methyl sites for hydroxylation is 1. The molecule has 25 heavy (non-hydrogen) atoms. The van der Waals surface area contributed by atoms with Gasteiger partial charge in [-0.05, 0) is 56.9 Å². The lowest BCUT2D eigenvalue weighted by molar-refractivity contribution is -0.143. The Balaban J connectivity index is 2.63. The highest BCUT2D eigenvalue weighted by Gasteiger charge is 2.36. The number of alkyl halides is 6. The van der Waals surface area contributed by atoms with Crippen LogP contribution < -0.4 is 0 Å². The van der Waals surface area contributed by atoms with Crippen molar-refractivity contribution in [1.29, 1.82) is 0 Å². The van der Waals surface area contributed by atoms with Crippen LogP contribution in [0.25, 0.3) is 0 Å². The van der Waals surface area contributed by atoms with Crippen LogP contribution in [-0.4, -0.2) is 16.1 Å². The number of benzene rings is 1. The maximum absolute atomic E-state index is 12.8. The molecule has 0 radical (unpaired) electrons. The van der Waals surface area contributed by atoms with Gasteiger partial charge in [0.2, 0.25) is 0 Å². The highest BCUT2D eigenvalue weighted by Crippen LogP contribution is 2.36. The maximum atomic E-state index is 12.8. The molecule has 0 saturated heterocycles. The van der Waals surface area contributed by atoms with E-state index in [9.17, 15) is 26.3 Å². The predicted octanol–water partition coefficient (Wildman–Crippen LogP) is 5.29. The van der Waals surface area contributed by atoms with E-state index in [2.05, 4.69) is 0 Å². The molecule has 0 N–H and O–H groups in total. The molecule has 0 atom stereocenters. The van der Waals surface area contributed by atoms with E-state index < -0.39 is 23.5 Å². The second kappa shape index (κ2) is 8.57. The summed E-state index contributed by atoms with van der Waals surface area (Å²) in [5.74, 6) is 0. The highest BCUT2D eigenvalue weighted by molar-refractivity contribution is 5.98. The summed E-state index contributed by atoms with van der Waals surface area (Å²) < 4.78 is 82.2. The van der Waals surface area contributed by atoms with Crippen LogP contribution in [-0.2, 0) is 23.2 Å². The average Bonchev–Trinajstić information content (AvgIpc) is 2.48. The molecule has 0 aromatic heterocycles. The van der Waals surface area contributed by atoms with Crippen molar-refractivity contribution >= 4 is 10.5 Å². The molecule has 1 nitrogen and oxygen atoms in total. The first-order valence-electron chi connectivity index (χ1n) is 8.19. The zero-order valence-electron chi connectivity index (χ0n) is 14.7. The third-order valence-electron chi connectivity index (χ3n) is 4.19. The van der Waals surface area contributed by atoms with Crippen LogP contribution in [0, 0.1) is 0 Å². The van der Waals surface area contributed by atoms with Gasteiger partial charge >= 0.3 is 12.4 Å². The Bertz CT molecular complexity index is 519. The lowest BCUT2D eigenvalue weighted by Crippen LogP contribution is -2.22. The van der Waals surface area contributed by atoms with E-state index in [4.69, 9.17) is 4.43 Å². The minimum Gasteiger partial charge on any atom is -0.423 e. The second-order valence-electron chi connectivity index (χ2n) is 6.79. The summed E-state index contributed by atoms with van der Waals surface area (Å²) in [4.78, 5) is 0. The first-order valence-corrected chi connectivity index (χ1v) is 9.00. The lowest BCUT2D eigenvalue weighted by Gasteiger charge is -2.23. The quantitative estimate of drug-likeness (QED) is 0.335. The summed E-state index contributed by atoms with van der Waals surface area (Å²) >= 11 is 0. The number of unbranched alkanes of at least 4 members (excludes halogenated alkanes) is 3. The lowest BCUT2D eigenvalue weighted by atomic mass is 9.98. The van der Waals surface area contributed by atoms with E-state index >= 15 is 0 Å². The molecule has 0 bridgehead atoms. The van der Waals surface area contributed by atoms with Crippen molar-refractivity contribution in [3.05, 3.63) is 34.9 Å². The first kappa shape index (κ1) is 22.0. The molecule has 1 rings (SSSR count). The van der Waals surface area contributed by atoms with Crippen molar-refractivity contribution in [2.24, 2.45) is 0 Å². The van der Waals surface area contributed by atoms with Gasteiger partial charge in [0.15, 0.2) is 0 Å². The molecule has 0 aliphatic carbocycles. The Morgan fingerprint density at radius 2 is 1.28 bits per heavy atom. The molecule has 0 saturated carbocycles. The smallest absolute Gasteiger partial charge is 0.416 e. The summed E-state index contributed by atoms with van der Waals surface area (Å²) in [6.07, 6.45) is -5.37. The van der Waals surface area contributed by atoms with Crippen LogP contribution in [0.1, 0.15) is 62.6 Å². The predicted molar refractivity (Wildman–Crippen MR) is 88.3 cm³/mol. The topological polar surface area (TPSA) is 9.23 Å². The molecule has 0 aliphatic rings. The number of rotatable bonds is 8. The number of hydrogen-bond donors (Lipinski definition) is 0. The Hall–Kier alpha value is -1.02. The van der Waals surface area contributed by atoms with Crippen LogP contribution in [0.2, 0.25) is 0 Å². The molecule has 0 spiro atoms. The van der Waals surface area contributed by atoms with Crippen molar-refractivity contribution in [3.8, 4) is 0 Å². The third kappa shape index (κ3) is 7.81. The summed E-state index contributed by atoms with van der Waals surface area (Å²) in [6.45, 7) is 4.00. The van der Waals surface area contributed by atoms with Crippen molar-refractivity contribution in [2.45, 2.75) is 70.3 Å². The molecule has 0 amide bonds. The Labute approximate surface area is 147 Å². The van der Waals surface area contributed by atoms with Crippen LogP contribution in [0.4, 0.5) is 26.3 Å². The standard InChI is InChI=1S/C17H24F6OSi/c1-15(2,24-25)8-6-4-3-5-7-12-9-13(16(18,19)20)11-14(10-12)17(21,22)23/h9-11H,3-8H2,1-2,25H3. The third-order valence-corrected chi connectivity index (χ3v) is 5.30. The largest absolute Gasteiger partial charge is 0.423 e. The molecule has 0 unspecified atom stereocenters. The van der Waals surface area contributed by atoms with Gasteiger partial charge in [0.1, 0.15) is 10.5 Å². The number of hydrogen-bond acceptors (Lipinski definition) is 1. The molecule has 144 valence electrons. The summed E-state index contributed by atoms with van der Waals surface area (Å²) in [6, 6.07) is 1.79. The minimum atomic E-state index is -4.79. The van der Waals surface area contributed by atoms with Crippen LogP contribution in [0.15, 0.2) is 18.2 Å². The van der Waals surface area contributed by atoms with Crippen molar-refractivity contribution in [2.75, 3.05) is 0 Å². The minimum absolute atomic E-state index is 0.0744. The van der Waals surface area contributed by atoms with Crippen molar-refractivity contribution in [1.82, 2.24) is 0 Å². The molecule has 1 aromatic carbocycles. The van der Waals surface area contributed by atoms with Crippen LogP contribution in [0.3, 0.4) is 0 Å². The van der Waals surface area contributed by atoms with Gasteiger partial charge in [-0.25, -0.2) is 0 Å². The van der Waals surface area contributed by atoms with Crippen LogP contribution in [0.5, 0.6) is 0 Å². The maximum Gasteiger partial charge on any atom is 0.416 e. The fraction of sp³-hybridized carbons (Fsp3) is 0.647. The first-order chi connectivity index (χ1) is 11.3. The van der Waals surface area contributed by atoms with Gasteiger partial charge < -0.3 is 4.43 Å². The Morgan fingerprint density at radius 1 is 0.800 bits per heavy atom. The molecule has 0 heterocycles. The monoisotopic (exact) mass is 386 g/mol. The zero-order valence-corrected chi connectivity index (χ0v) is 16.7. The van der Waals surface area contributed by atoms with Gasteiger partial charge in [0.25, 0.3) is 0 Å². The average molecular weight is 386 g/mol. The molecular weight excluding hydrogens is 362 g/mol. The summed E-state index contributed by atoms with van der Waals surface area (Å²) in [7, 11) is 0.657. The van der Waals surface area contributed by atoms with E-state index in [0.29, 0.717) is 16.9 Å². The fourth-order valence-corrected chi connectivity index (χ4v) is 2.70. The SMILES string of the molecule is CC(C)(CCCCCCc1cc(C(F)(F)F)cc(C(F)(F)F)c1)O[SiH3]. The fourth-order valence-electron chi connectivity index (χ4n) is 2.50. The van der Waals surface area contributed by atoms with Gasteiger partial charge in [0.05, 0.1) is 11.1 Å². The van der Waals surface area contributed by atoms with E-state index in [1.54, 1.807) is 0 Å². The molecule has 0 aliphatic heterocycles. The zero-order chi connectivity index (χ0) is 19.3. The molecule has 0 fully saturated rings. The molecule has 1 aromatic rings. The van der Waals surface area contributed by atoms with E-state index in [-0.39, 0.29) is 23.7 Å². The number of halogens is 6. The van der Waals surface area contributed by atoms with E-state index in [1.807, 2.05) is 13.8 Å². The summed E-state index contributed by atoms with van der Waals surface area (Å²) in [5, 5.41) is 0. The van der Waals surface area contributed by atoms with E-state index in [1.165, 1.54) is 0 Å². The normalized spacial score (nSPS) is 13.4. The Kier molecular flexibility index (Phi) is 7.55.